The van der Waals surface area contributed by atoms with E-state index in [0.717, 1.165) is 25.7 Å². The quantitative estimate of drug-likeness (QED) is 0.875. The first-order chi connectivity index (χ1) is 9.11. The number of carboxylic acid groups (broad SMARTS) is 1. The lowest BCUT2D eigenvalue weighted by Crippen LogP contribution is -2.21. The van der Waals surface area contributed by atoms with Crippen molar-refractivity contribution < 1.29 is 19.4 Å². The summed E-state index contributed by atoms with van der Waals surface area (Å²) >= 11 is 0. The summed E-state index contributed by atoms with van der Waals surface area (Å²) in [5.74, 6) is -0.655. The summed E-state index contributed by atoms with van der Waals surface area (Å²) < 4.78 is 5.05. The highest BCUT2D eigenvalue weighted by molar-refractivity contribution is 6.01. The van der Waals surface area contributed by atoms with E-state index in [-0.39, 0.29) is 17.4 Å². The summed E-state index contributed by atoms with van der Waals surface area (Å²) in [6.45, 7) is 0. The van der Waals surface area contributed by atoms with Crippen molar-refractivity contribution in [1.29, 1.82) is 0 Å². The van der Waals surface area contributed by atoms with Crippen LogP contribution in [0, 0.1) is 5.92 Å². The van der Waals surface area contributed by atoms with Gasteiger partial charge in [0.15, 0.2) is 0 Å². The molecule has 1 aliphatic carbocycles. The molecule has 1 aromatic rings. The molecular formula is C14H17NO4. The number of benzene rings is 1. The Morgan fingerprint density at radius 1 is 1.32 bits per heavy atom. The topological polar surface area (TPSA) is 75.6 Å². The summed E-state index contributed by atoms with van der Waals surface area (Å²) in [5, 5.41) is 11.8. The van der Waals surface area contributed by atoms with Gasteiger partial charge in [0, 0.05) is 12.0 Å². The SMILES string of the molecule is COc1ccc(C(=O)O)c(NC(=O)C2CCCC2)c1. The molecule has 19 heavy (non-hydrogen) atoms. The van der Waals surface area contributed by atoms with Crippen LogP contribution in [-0.2, 0) is 4.79 Å². The molecule has 0 radical (unpaired) electrons. The zero-order valence-corrected chi connectivity index (χ0v) is 10.8. The summed E-state index contributed by atoms with van der Waals surface area (Å²) in [4.78, 5) is 23.2. The first kappa shape index (κ1) is 13.4. The van der Waals surface area contributed by atoms with Crippen molar-refractivity contribution in [3.05, 3.63) is 23.8 Å². The molecule has 0 spiro atoms. The van der Waals surface area contributed by atoms with Crippen LogP contribution in [0.4, 0.5) is 5.69 Å². The molecule has 1 amide bonds. The number of rotatable bonds is 4. The predicted octanol–water partition coefficient (Wildman–Crippen LogP) is 2.52. The van der Waals surface area contributed by atoms with Gasteiger partial charge in [0.2, 0.25) is 5.91 Å². The Balaban J connectivity index is 2.21. The van der Waals surface area contributed by atoms with Gasteiger partial charge < -0.3 is 15.2 Å². The average Bonchev–Trinajstić information content (AvgIpc) is 2.92. The van der Waals surface area contributed by atoms with Crippen LogP contribution in [0.2, 0.25) is 0 Å². The number of anilines is 1. The standard InChI is InChI=1S/C14H17NO4/c1-19-10-6-7-11(14(17)18)12(8-10)15-13(16)9-4-2-3-5-9/h6-9H,2-5H2,1H3,(H,15,16)(H,17,18). The molecule has 1 saturated carbocycles. The first-order valence-electron chi connectivity index (χ1n) is 6.34. The van der Waals surface area contributed by atoms with Gasteiger partial charge in [-0.25, -0.2) is 4.79 Å². The molecule has 0 aliphatic heterocycles. The van der Waals surface area contributed by atoms with Crippen LogP contribution >= 0.6 is 0 Å². The van der Waals surface area contributed by atoms with Crippen molar-refractivity contribution in [2.24, 2.45) is 5.92 Å². The number of hydrogen-bond donors (Lipinski definition) is 2. The van der Waals surface area contributed by atoms with Crippen LogP contribution in [0.15, 0.2) is 18.2 Å². The van der Waals surface area contributed by atoms with E-state index in [2.05, 4.69) is 5.32 Å². The third-order valence-electron chi connectivity index (χ3n) is 3.44. The number of nitrogens with one attached hydrogen (secondary N) is 1. The fourth-order valence-electron chi connectivity index (χ4n) is 2.36. The minimum Gasteiger partial charge on any atom is -0.497 e. The van der Waals surface area contributed by atoms with Gasteiger partial charge in [-0.2, -0.15) is 0 Å². The predicted molar refractivity (Wildman–Crippen MR) is 70.5 cm³/mol. The molecule has 0 aromatic heterocycles. The normalized spacial score (nSPS) is 15.2. The van der Waals surface area contributed by atoms with Gasteiger partial charge in [0.1, 0.15) is 5.75 Å². The molecule has 0 bridgehead atoms. The summed E-state index contributed by atoms with van der Waals surface area (Å²) in [6.07, 6.45) is 3.86. The molecule has 1 fully saturated rings. The molecular weight excluding hydrogens is 246 g/mol. The highest BCUT2D eigenvalue weighted by atomic mass is 16.5. The van der Waals surface area contributed by atoms with Crippen LogP contribution in [0.25, 0.3) is 0 Å². The summed E-state index contributed by atoms with van der Waals surface area (Å²) in [6, 6.07) is 4.54. The van der Waals surface area contributed by atoms with E-state index in [1.165, 1.54) is 19.2 Å². The van der Waals surface area contributed by atoms with Gasteiger partial charge in [0.05, 0.1) is 18.4 Å². The maximum absolute atomic E-state index is 12.0. The maximum Gasteiger partial charge on any atom is 0.337 e. The number of methoxy groups -OCH3 is 1. The Kier molecular flexibility index (Phi) is 4.04. The van der Waals surface area contributed by atoms with Crippen LogP contribution in [0.5, 0.6) is 5.75 Å². The van der Waals surface area contributed by atoms with E-state index in [1.54, 1.807) is 6.07 Å². The van der Waals surface area contributed by atoms with Crippen LogP contribution in [0.1, 0.15) is 36.0 Å². The zero-order chi connectivity index (χ0) is 13.8. The van der Waals surface area contributed by atoms with E-state index in [1.807, 2.05) is 0 Å². The molecule has 5 heteroatoms. The average molecular weight is 263 g/mol. The number of ether oxygens (including phenoxy) is 1. The Bertz CT molecular complexity index is 492. The molecule has 0 unspecified atom stereocenters. The Labute approximate surface area is 111 Å². The molecule has 2 rings (SSSR count). The maximum atomic E-state index is 12.0. The smallest absolute Gasteiger partial charge is 0.337 e. The number of carboxylic acids is 1. The largest absolute Gasteiger partial charge is 0.497 e. The number of carbonyl (C=O) groups is 2. The van der Waals surface area contributed by atoms with Gasteiger partial charge in [-0.1, -0.05) is 12.8 Å². The van der Waals surface area contributed by atoms with E-state index in [9.17, 15) is 9.59 Å². The van der Waals surface area contributed by atoms with Gasteiger partial charge in [-0.15, -0.1) is 0 Å². The lowest BCUT2D eigenvalue weighted by Gasteiger charge is -2.13. The van der Waals surface area contributed by atoms with E-state index >= 15 is 0 Å². The minimum atomic E-state index is -1.07. The molecule has 102 valence electrons. The molecule has 5 nitrogen and oxygen atoms in total. The fraction of sp³-hybridized carbons (Fsp3) is 0.429. The van der Waals surface area contributed by atoms with E-state index < -0.39 is 5.97 Å². The van der Waals surface area contributed by atoms with Gasteiger partial charge in [0.25, 0.3) is 0 Å². The van der Waals surface area contributed by atoms with E-state index in [0.29, 0.717) is 11.4 Å². The number of carbonyl (C=O) groups excluding carboxylic acids is 1. The van der Waals surface area contributed by atoms with E-state index in [4.69, 9.17) is 9.84 Å². The van der Waals surface area contributed by atoms with Crippen molar-refractivity contribution >= 4 is 17.6 Å². The summed E-state index contributed by atoms with van der Waals surface area (Å²) in [5.41, 5.74) is 0.371. The van der Waals surface area contributed by atoms with Crippen molar-refractivity contribution in [2.45, 2.75) is 25.7 Å². The number of aromatic carboxylic acids is 1. The van der Waals surface area contributed by atoms with Crippen LogP contribution < -0.4 is 10.1 Å². The van der Waals surface area contributed by atoms with Crippen molar-refractivity contribution in [3.63, 3.8) is 0 Å². The van der Waals surface area contributed by atoms with Crippen molar-refractivity contribution in [3.8, 4) is 5.75 Å². The van der Waals surface area contributed by atoms with Gasteiger partial charge >= 0.3 is 5.97 Å². The molecule has 0 saturated heterocycles. The van der Waals surface area contributed by atoms with Crippen molar-refractivity contribution in [1.82, 2.24) is 0 Å². The lowest BCUT2D eigenvalue weighted by atomic mass is 10.1. The first-order valence-corrected chi connectivity index (χ1v) is 6.34. The fourth-order valence-corrected chi connectivity index (χ4v) is 2.36. The molecule has 0 heterocycles. The Morgan fingerprint density at radius 3 is 2.58 bits per heavy atom. The zero-order valence-electron chi connectivity index (χ0n) is 10.8. The van der Waals surface area contributed by atoms with Gasteiger partial charge in [-0.05, 0) is 25.0 Å². The monoisotopic (exact) mass is 263 g/mol. The summed E-state index contributed by atoms with van der Waals surface area (Å²) in [7, 11) is 1.50. The molecule has 0 atom stereocenters. The molecule has 1 aliphatic rings. The second kappa shape index (κ2) is 5.73. The Hall–Kier alpha value is -2.04. The second-order valence-corrected chi connectivity index (χ2v) is 4.69. The highest BCUT2D eigenvalue weighted by Crippen LogP contribution is 2.28. The highest BCUT2D eigenvalue weighted by Gasteiger charge is 2.24. The second-order valence-electron chi connectivity index (χ2n) is 4.69. The molecule has 2 N–H and O–H groups in total. The van der Waals surface area contributed by atoms with Crippen molar-refractivity contribution in [2.75, 3.05) is 12.4 Å². The Morgan fingerprint density at radius 2 is 2.00 bits per heavy atom. The number of amides is 1. The third kappa shape index (κ3) is 3.05. The van der Waals surface area contributed by atoms with Crippen LogP contribution in [0.3, 0.4) is 0 Å². The minimum absolute atomic E-state index is 0.00662. The lowest BCUT2D eigenvalue weighted by molar-refractivity contribution is -0.119. The van der Waals surface area contributed by atoms with Crippen LogP contribution in [-0.4, -0.2) is 24.1 Å². The van der Waals surface area contributed by atoms with Gasteiger partial charge in [-0.3, -0.25) is 4.79 Å². The third-order valence-corrected chi connectivity index (χ3v) is 3.44. The molecule has 1 aromatic carbocycles. The number of hydrogen-bond acceptors (Lipinski definition) is 3.